The first-order chi connectivity index (χ1) is 19.8. The van der Waals surface area contributed by atoms with Gasteiger partial charge in [0.05, 0.1) is 11.9 Å². The highest BCUT2D eigenvalue weighted by molar-refractivity contribution is 5.90. The number of anilines is 4. The molecule has 0 unspecified atom stereocenters. The molecule has 10 heteroatoms. The number of likely N-dealkylation sites (tertiary alicyclic amines) is 1. The molecule has 1 aliphatic heterocycles. The number of carboxylic acids is 1. The molecule has 4 aromatic rings. The minimum absolute atomic E-state index is 0.141. The zero-order valence-electron chi connectivity index (χ0n) is 24.4. The second kappa shape index (κ2) is 12.7. The lowest BCUT2D eigenvalue weighted by molar-refractivity contribution is -0.138. The molecule has 0 amide bonds. The first-order valence-corrected chi connectivity index (χ1v) is 14.4. The molecule has 0 aliphatic carbocycles. The minimum Gasteiger partial charge on any atom is -0.480 e. The number of hydrogen-bond donors (Lipinski definition) is 4. The summed E-state index contributed by atoms with van der Waals surface area (Å²) in [6.07, 6.45) is 4.83. The monoisotopic (exact) mass is 556 g/mol. The summed E-state index contributed by atoms with van der Waals surface area (Å²) < 4.78 is 1.78. The summed E-state index contributed by atoms with van der Waals surface area (Å²) in [7, 11) is 1.89. The third-order valence-corrected chi connectivity index (χ3v) is 7.96. The number of aryl methyl sites for hydroxylation is 4. The minimum atomic E-state index is -0.747. The number of fused-ring (bicyclic) bond motifs is 1. The van der Waals surface area contributed by atoms with Gasteiger partial charge in [-0.2, -0.15) is 10.1 Å². The molecule has 1 saturated heterocycles. The third kappa shape index (κ3) is 6.83. The molecular weight excluding hydrogens is 516 g/mol. The van der Waals surface area contributed by atoms with E-state index < -0.39 is 5.97 Å². The zero-order chi connectivity index (χ0) is 28.9. The Morgan fingerprint density at radius 3 is 2.54 bits per heavy atom. The van der Waals surface area contributed by atoms with Crippen LogP contribution in [0.2, 0.25) is 0 Å². The number of hydrogen-bond acceptors (Lipinski definition) is 8. The first-order valence-electron chi connectivity index (χ1n) is 14.4. The molecule has 216 valence electrons. The smallest absolute Gasteiger partial charge is 0.317 e. The molecule has 0 spiro atoms. The van der Waals surface area contributed by atoms with E-state index >= 15 is 0 Å². The number of nitrogens with zero attached hydrogens (tertiary/aromatic N) is 5. The van der Waals surface area contributed by atoms with E-state index in [1.807, 2.05) is 18.1 Å². The molecule has 0 radical (unpaired) electrons. The molecule has 5 rings (SSSR count). The topological polar surface area (TPSA) is 120 Å². The summed E-state index contributed by atoms with van der Waals surface area (Å²) in [6, 6.07) is 12.6. The van der Waals surface area contributed by atoms with Crippen LogP contribution in [0.3, 0.4) is 0 Å². The molecule has 1 aliphatic rings. The van der Waals surface area contributed by atoms with Crippen LogP contribution < -0.4 is 16.0 Å². The van der Waals surface area contributed by atoms with Gasteiger partial charge in [-0.1, -0.05) is 31.2 Å². The van der Waals surface area contributed by atoms with Gasteiger partial charge in [-0.15, -0.1) is 0 Å². The Bertz CT molecular complexity index is 1500. The number of nitrogens with one attached hydrogen (secondary N) is 3. The second-order valence-electron chi connectivity index (χ2n) is 11.0. The Morgan fingerprint density at radius 2 is 1.83 bits per heavy atom. The molecule has 0 bridgehead atoms. The number of carbonyl (C=O) groups is 1. The Labute approximate surface area is 241 Å². The van der Waals surface area contributed by atoms with Crippen molar-refractivity contribution >= 4 is 40.1 Å². The fourth-order valence-electron chi connectivity index (χ4n) is 5.61. The summed E-state index contributed by atoms with van der Waals surface area (Å²) >= 11 is 0. The molecule has 4 N–H and O–H groups in total. The summed E-state index contributed by atoms with van der Waals surface area (Å²) in [5.74, 6) is 1.08. The van der Waals surface area contributed by atoms with Gasteiger partial charge in [-0.25, -0.2) is 9.67 Å². The van der Waals surface area contributed by atoms with Crippen molar-refractivity contribution < 1.29 is 9.90 Å². The van der Waals surface area contributed by atoms with Gasteiger partial charge in [-0.3, -0.25) is 9.69 Å². The normalized spacial score (nSPS) is 14.4. The van der Waals surface area contributed by atoms with Crippen LogP contribution >= 0.6 is 0 Å². The van der Waals surface area contributed by atoms with E-state index in [-0.39, 0.29) is 6.54 Å². The van der Waals surface area contributed by atoms with Crippen molar-refractivity contribution in [3.63, 3.8) is 0 Å². The predicted molar refractivity (Wildman–Crippen MR) is 163 cm³/mol. The fraction of sp³-hybridized carbons (Fsp3) is 0.419. The quantitative estimate of drug-likeness (QED) is 0.204. The second-order valence-corrected chi connectivity index (χ2v) is 11.0. The van der Waals surface area contributed by atoms with Crippen molar-refractivity contribution in [2.45, 2.75) is 46.6 Å². The number of benzene rings is 2. The molecule has 2 aromatic carbocycles. The van der Waals surface area contributed by atoms with Gasteiger partial charge in [-0.05, 0) is 93.0 Å². The fourth-order valence-corrected chi connectivity index (χ4v) is 5.61. The van der Waals surface area contributed by atoms with Crippen LogP contribution in [0, 0.1) is 19.8 Å². The maximum absolute atomic E-state index is 11.0. The lowest BCUT2D eigenvalue weighted by Crippen LogP contribution is -2.39. The van der Waals surface area contributed by atoms with Crippen LogP contribution in [0.15, 0.2) is 42.6 Å². The Hall–Kier alpha value is -4.02. The molecule has 41 heavy (non-hydrogen) atoms. The molecule has 2 aromatic heterocycles. The molecule has 0 atom stereocenters. The molecule has 1 fully saturated rings. The van der Waals surface area contributed by atoms with Crippen LogP contribution in [0.5, 0.6) is 0 Å². The maximum atomic E-state index is 11.0. The number of rotatable bonds is 11. The summed E-state index contributed by atoms with van der Waals surface area (Å²) in [5.41, 5.74) is 7.62. The van der Waals surface area contributed by atoms with Crippen molar-refractivity contribution in [1.82, 2.24) is 30.0 Å². The number of aromatic nitrogens is 4. The number of para-hydroxylation sites is 1. The van der Waals surface area contributed by atoms with E-state index in [4.69, 9.17) is 10.1 Å². The molecule has 0 saturated carbocycles. The number of carboxylic acid groups (broad SMARTS) is 1. The zero-order valence-corrected chi connectivity index (χ0v) is 24.4. The van der Waals surface area contributed by atoms with Crippen molar-refractivity contribution in [2.24, 2.45) is 13.0 Å². The molecule has 3 heterocycles. The predicted octanol–water partition coefficient (Wildman–Crippen LogP) is 4.92. The highest BCUT2D eigenvalue weighted by Crippen LogP contribution is 2.29. The standard InChI is InChI=1S/C31H40N8O2/c1-5-23-9-10-25(15-24(23)17-32-16-22-11-13-39(14-12-22)19-27(40)41)34-31-33-18-26-29(37-38(4)30(26)36-31)35-28-20(2)7-6-8-21(28)3/h6-10,15,18,22,32H,5,11-14,16-17,19H2,1-4H3,(H,35,37)(H,40,41)(H,33,34,36). The van der Waals surface area contributed by atoms with Gasteiger partial charge in [0.25, 0.3) is 0 Å². The first kappa shape index (κ1) is 28.5. The number of piperidine rings is 1. The van der Waals surface area contributed by atoms with E-state index in [0.29, 0.717) is 11.9 Å². The summed E-state index contributed by atoms with van der Waals surface area (Å²) in [5, 5.41) is 25.1. The van der Waals surface area contributed by atoms with E-state index in [0.717, 1.165) is 84.8 Å². The van der Waals surface area contributed by atoms with Gasteiger partial charge in [0.1, 0.15) is 0 Å². The summed E-state index contributed by atoms with van der Waals surface area (Å²) in [6.45, 7) is 9.89. The highest BCUT2D eigenvalue weighted by atomic mass is 16.4. The largest absolute Gasteiger partial charge is 0.480 e. The van der Waals surface area contributed by atoms with Crippen molar-refractivity contribution in [1.29, 1.82) is 0 Å². The maximum Gasteiger partial charge on any atom is 0.317 e. The lowest BCUT2D eigenvalue weighted by atomic mass is 9.96. The van der Waals surface area contributed by atoms with Gasteiger partial charge in [0.15, 0.2) is 11.5 Å². The Kier molecular flexibility index (Phi) is 8.80. The average molecular weight is 557 g/mol. The van der Waals surface area contributed by atoms with Gasteiger partial charge in [0.2, 0.25) is 5.95 Å². The molecule has 10 nitrogen and oxygen atoms in total. The SMILES string of the molecule is CCc1ccc(Nc2ncc3c(Nc4c(C)cccc4C)nn(C)c3n2)cc1CNCC1CCN(CC(=O)O)CC1. The van der Waals surface area contributed by atoms with E-state index in [1.165, 1.54) is 11.1 Å². The Morgan fingerprint density at radius 1 is 1.07 bits per heavy atom. The van der Waals surface area contributed by atoms with Gasteiger partial charge < -0.3 is 21.1 Å². The lowest BCUT2D eigenvalue weighted by Gasteiger charge is -2.31. The van der Waals surface area contributed by atoms with Crippen LogP contribution in [0.25, 0.3) is 11.0 Å². The van der Waals surface area contributed by atoms with Crippen LogP contribution in [-0.2, 0) is 24.8 Å². The van der Waals surface area contributed by atoms with Crippen LogP contribution in [0.1, 0.15) is 42.0 Å². The van der Waals surface area contributed by atoms with E-state index in [1.54, 1.807) is 4.68 Å². The van der Waals surface area contributed by atoms with E-state index in [9.17, 15) is 4.79 Å². The molecular formula is C31H40N8O2. The highest BCUT2D eigenvalue weighted by Gasteiger charge is 2.20. The van der Waals surface area contributed by atoms with Crippen molar-refractivity contribution in [3.8, 4) is 0 Å². The average Bonchev–Trinajstić information content (AvgIpc) is 3.26. The van der Waals surface area contributed by atoms with E-state index in [2.05, 4.69) is 83.2 Å². The van der Waals surface area contributed by atoms with Gasteiger partial charge in [0, 0.05) is 31.2 Å². The number of aliphatic carboxylic acids is 1. The van der Waals surface area contributed by atoms with Crippen molar-refractivity contribution in [3.05, 3.63) is 64.8 Å². The van der Waals surface area contributed by atoms with Crippen molar-refractivity contribution in [2.75, 3.05) is 36.8 Å². The third-order valence-electron chi connectivity index (χ3n) is 7.96. The van der Waals surface area contributed by atoms with Crippen LogP contribution in [0.4, 0.5) is 23.1 Å². The summed E-state index contributed by atoms with van der Waals surface area (Å²) in [4.78, 5) is 22.4. The van der Waals surface area contributed by atoms with Crippen LogP contribution in [-0.4, -0.2) is 61.9 Å². The van der Waals surface area contributed by atoms with Gasteiger partial charge >= 0.3 is 5.97 Å². The Balaban J connectivity index is 1.24.